The van der Waals surface area contributed by atoms with Gasteiger partial charge in [-0.25, -0.2) is 9.69 Å². The van der Waals surface area contributed by atoms with Gasteiger partial charge >= 0.3 is 5.97 Å². The zero-order valence-electron chi connectivity index (χ0n) is 28.4. The monoisotopic (exact) mass is 668 g/mol. The highest BCUT2D eigenvalue weighted by atomic mass is 16.5. The fourth-order valence-electron chi connectivity index (χ4n) is 13.0. The molecule has 8 rings (SSSR count). The first kappa shape index (κ1) is 32.7. The van der Waals surface area contributed by atoms with Crippen LogP contribution in [0.2, 0.25) is 0 Å². The van der Waals surface area contributed by atoms with Gasteiger partial charge in [0.15, 0.2) is 0 Å². The lowest BCUT2D eigenvalue weighted by molar-refractivity contribution is -0.320. The lowest BCUT2D eigenvalue weighted by Gasteiger charge is -2.70. The molecular weight excluding hydrogens is 620 g/mol. The third-order valence-electron chi connectivity index (χ3n) is 14.2. The largest absolute Gasteiger partial charge is 0.461 e. The SMILES string of the molecule is CCN1C[C@]2(COC(=O)c3ccccc3N3C(=O)CCC3=O)CC[C@H](OC)[C@@]34C5C[C@@H]6C(OC)C[C@@](O)(C5[C@H]6OC)[C@](O)([C@@H](OC)[C@H]23)[C@@H]14. The summed E-state index contributed by atoms with van der Waals surface area (Å²) in [5.74, 6) is -2.00. The molecule has 12 nitrogen and oxygen atoms in total. The predicted octanol–water partition coefficient (Wildman–Crippen LogP) is 1.79. The number of piperidine rings is 1. The zero-order valence-corrected chi connectivity index (χ0v) is 28.4. The van der Waals surface area contributed by atoms with Gasteiger partial charge in [0, 0.05) is 82.8 Å². The molecule has 2 saturated heterocycles. The molecule has 2 heterocycles. The Labute approximate surface area is 280 Å². The molecule has 7 fully saturated rings. The van der Waals surface area contributed by atoms with Crippen LogP contribution in [-0.4, -0.2) is 123 Å². The number of likely N-dealkylation sites (N-methyl/N-ethyl adjacent to an activating group) is 1. The van der Waals surface area contributed by atoms with Gasteiger partial charge in [0.2, 0.25) is 11.8 Å². The number of anilines is 1. The zero-order chi connectivity index (χ0) is 34.0. The quantitative estimate of drug-likeness (QED) is 0.294. The van der Waals surface area contributed by atoms with Crippen LogP contribution in [0, 0.1) is 34.5 Å². The number of likely N-dealkylation sites (tertiary alicyclic amines) is 1. The van der Waals surface area contributed by atoms with E-state index in [4.69, 9.17) is 23.7 Å². The minimum atomic E-state index is -1.69. The van der Waals surface area contributed by atoms with E-state index in [2.05, 4.69) is 11.8 Å². The Morgan fingerprint density at radius 3 is 2.38 bits per heavy atom. The van der Waals surface area contributed by atoms with Gasteiger partial charge in [0.1, 0.15) is 11.2 Å². The summed E-state index contributed by atoms with van der Waals surface area (Å²) in [4.78, 5) is 42.6. The Bertz CT molecular complexity index is 1510. The second-order valence-corrected chi connectivity index (χ2v) is 15.4. The van der Waals surface area contributed by atoms with Crippen LogP contribution in [0.25, 0.3) is 0 Å². The van der Waals surface area contributed by atoms with E-state index in [1.54, 1.807) is 52.7 Å². The van der Waals surface area contributed by atoms with Gasteiger partial charge in [0.25, 0.3) is 0 Å². The second kappa shape index (κ2) is 11.0. The molecule has 2 N–H and O–H groups in total. The van der Waals surface area contributed by atoms with Gasteiger partial charge in [-0.1, -0.05) is 19.1 Å². The topological polar surface area (TPSA) is 144 Å². The summed E-state index contributed by atoms with van der Waals surface area (Å²) in [7, 11) is 6.70. The minimum Gasteiger partial charge on any atom is -0.461 e. The molecule has 1 aromatic rings. The molecule has 12 heteroatoms. The van der Waals surface area contributed by atoms with Crippen LogP contribution in [0.1, 0.15) is 55.8 Å². The van der Waals surface area contributed by atoms with Crippen molar-refractivity contribution >= 4 is 23.5 Å². The van der Waals surface area contributed by atoms with Crippen molar-refractivity contribution in [2.45, 2.75) is 87.1 Å². The van der Waals surface area contributed by atoms with E-state index >= 15 is 0 Å². The number of benzene rings is 1. The average molecular weight is 669 g/mol. The Morgan fingerprint density at radius 1 is 1.00 bits per heavy atom. The smallest absolute Gasteiger partial charge is 0.340 e. The molecule has 1 spiro atoms. The minimum absolute atomic E-state index is 0.0394. The number of methoxy groups -OCH3 is 4. The third kappa shape index (κ3) is 3.67. The molecule has 5 saturated carbocycles. The number of aliphatic hydroxyl groups is 2. The summed E-state index contributed by atoms with van der Waals surface area (Å²) in [5.41, 5.74) is -4.15. The first-order valence-electron chi connectivity index (χ1n) is 17.5. The van der Waals surface area contributed by atoms with Crippen LogP contribution in [0.5, 0.6) is 0 Å². The number of imide groups is 1. The van der Waals surface area contributed by atoms with Crippen molar-refractivity contribution in [3.8, 4) is 0 Å². The maximum Gasteiger partial charge on any atom is 0.340 e. The molecule has 48 heavy (non-hydrogen) atoms. The lowest BCUT2D eigenvalue weighted by atomic mass is 9.42. The fraction of sp³-hybridized carbons (Fsp3) is 0.750. The van der Waals surface area contributed by atoms with Crippen molar-refractivity contribution in [3.05, 3.63) is 29.8 Å². The molecular formula is C36H48N2O10. The number of amides is 2. The molecule has 1 aromatic carbocycles. The van der Waals surface area contributed by atoms with Gasteiger partial charge in [-0.2, -0.15) is 0 Å². The number of nitrogens with zero attached hydrogens (tertiary/aromatic N) is 2. The number of rotatable bonds is 9. The van der Waals surface area contributed by atoms with Crippen LogP contribution in [0.4, 0.5) is 5.69 Å². The van der Waals surface area contributed by atoms with Crippen molar-refractivity contribution in [2.24, 2.45) is 34.5 Å². The van der Waals surface area contributed by atoms with E-state index in [0.29, 0.717) is 25.9 Å². The Kier molecular flexibility index (Phi) is 7.52. The van der Waals surface area contributed by atoms with Gasteiger partial charge in [-0.05, 0) is 43.9 Å². The summed E-state index contributed by atoms with van der Waals surface area (Å²) in [5, 5.41) is 26.5. The predicted molar refractivity (Wildman–Crippen MR) is 170 cm³/mol. The van der Waals surface area contributed by atoms with Crippen LogP contribution in [0.15, 0.2) is 24.3 Å². The molecule has 0 radical (unpaired) electrons. The molecule has 3 unspecified atom stereocenters. The van der Waals surface area contributed by atoms with E-state index in [0.717, 1.165) is 11.3 Å². The standard InChI is InChI=1S/C36H48N2O10/c1-6-37-17-33(18-48-31(41)19-9-7-8-10-22(19)38-25(39)11-12-26(38)40)14-13-24(45-3)35-21-15-20-23(44-2)16-34(42,27(21)28(20)46-4)36(43,32(35)37)30(47-5)29(33)35/h7-10,20-21,23-24,27-30,32,42-43H,6,11-18H2,1-5H3/t20-,21?,23?,24+,27?,28+,29-,30+,32+,33+,34-,35+,36+/m1/s1. The number of carbonyl (C=O) groups is 3. The molecule has 262 valence electrons. The first-order valence-corrected chi connectivity index (χ1v) is 17.5. The summed E-state index contributed by atoms with van der Waals surface area (Å²) in [6.45, 7) is 3.24. The van der Waals surface area contributed by atoms with Crippen LogP contribution in [-0.2, 0) is 33.3 Å². The highest BCUT2D eigenvalue weighted by Crippen LogP contribution is 2.80. The van der Waals surface area contributed by atoms with E-state index in [-0.39, 0.29) is 90.9 Å². The Hall–Kier alpha value is -2.45. The van der Waals surface area contributed by atoms with Gasteiger partial charge in [0.05, 0.1) is 48.3 Å². The Morgan fingerprint density at radius 2 is 1.73 bits per heavy atom. The number of fused-ring (bicyclic) bond motifs is 2. The number of ether oxygens (including phenoxy) is 5. The van der Waals surface area contributed by atoms with E-state index in [9.17, 15) is 24.6 Å². The molecule has 5 aliphatic carbocycles. The van der Waals surface area contributed by atoms with Gasteiger partial charge in [-0.15, -0.1) is 0 Å². The highest BCUT2D eigenvalue weighted by molar-refractivity contribution is 6.21. The van der Waals surface area contributed by atoms with Crippen molar-refractivity contribution < 1.29 is 48.3 Å². The first-order chi connectivity index (χ1) is 23.0. The number of hydrogen-bond donors (Lipinski definition) is 2. The van der Waals surface area contributed by atoms with E-state index < -0.39 is 40.1 Å². The lowest BCUT2D eigenvalue weighted by Crippen LogP contribution is -2.82. The molecule has 7 bridgehead atoms. The van der Waals surface area contributed by atoms with Crippen molar-refractivity contribution in [1.82, 2.24) is 4.90 Å². The summed E-state index contributed by atoms with van der Waals surface area (Å²) >= 11 is 0. The fourth-order valence-corrected chi connectivity index (χ4v) is 13.0. The van der Waals surface area contributed by atoms with Crippen molar-refractivity contribution in [3.63, 3.8) is 0 Å². The average Bonchev–Trinajstić information content (AvgIpc) is 3.66. The van der Waals surface area contributed by atoms with Gasteiger partial charge in [-0.3, -0.25) is 14.5 Å². The second-order valence-electron chi connectivity index (χ2n) is 15.4. The number of para-hydroxylation sites is 1. The summed E-state index contributed by atoms with van der Waals surface area (Å²) in [6.07, 6.45) is 0.951. The third-order valence-corrected chi connectivity index (χ3v) is 14.2. The highest BCUT2D eigenvalue weighted by Gasteiger charge is 2.91. The van der Waals surface area contributed by atoms with Gasteiger partial charge < -0.3 is 33.9 Å². The normalized spacial score (nSPS) is 47.1. The molecule has 7 aliphatic rings. The maximum absolute atomic E-state index is 14.0. The summed E-state index contributed by atoms with van der Waals surface area (Å²) in [6, 6.07) is 6.11. The van der Waals surface area contributed by atoms with Crippen molar-refractivity contribution in [2.75, 3.05) is 53.0 Å². The van der Waals surface area contributed by atoms with Crippen LogP contribution < -0.4 is 4.90 Å². The summed E-state index contributed by atoms with van der Waals surface area (Å²) < 4.78 is 31.3. The molecule has 2 amide bonds. The molecule has 2 aliphatic heterocycles. The molecule has 0 aromatic heterocycles. The van der Waals surface area contributed by atoms with E-state index in [1.165, 1.54) is 0 Å². The van der Waals surface area contributed by atoms with Crippen molar-refractivity contribution in [1.29, 1.82) is 0 Å². The Balaban J connectivity index is 1.24. The van der Waals surface area contributed by atoms with Crippen LogP contribution in [0.3, 0.4) is 0 Å². The maximum atomic E-state index is 14.0. The molecule has 13 atom stereocenters. The van der Waals surface area contributed by atoms with E-state index in [1.807, 2.05) is 0 Å². The number of carbonyl (C=O) groups excluding carboxylic acids is 3. The number of esters is 1. The van der Waals surface area contributed by atoms with Crippen LogP contribution >= 0.6 is 0 Å². The number of hydrogen-bond acceptors (Lipinski definition) is 11.